The lowest BCUT2D eigenvalue weighted by molar-refractivity contribution is 0.341. The molecule has 24 heavy (non-hydrogen) atoms. The maximum Gasteiger partial charge on any atom is 0.210 e. The average Bonchev–Trinajstić information content (AvgIpc) is 2.94. The first-order chi connectivity index (χ1) is 11.6. The molecule has 0 unspecified atom stereocenters. The number of para-hydroxylation sites is 1. The zero-order valence-corrected chi connectivity index (χ0v) is 14.0. The van der Waals surface area contributed by atoms with E-state index in [0.29, 0.717) is 28.9 Å². The highest BCUT2D eigenvalue weighted by Gasteiger charge is 2.12. The third-order valence-electron chi connectivity index (χ3n) is 3.41. The molecule has 0 aliphatic carbocycles. The predicted molar refractivity (Wildman–Crippen MR) is 93.0 cm³/mol. The summed E-state index contributed by atoms with van der Waals surface area (Å²) < 4.78 is 20.4. The number of aryl methyl sites for hydroxylation is 1. The van der Waals surface area contributed by atoms with Gasteiger partial charge in [-0.05, 0) is 30.7 Å². The van der Waals surface area contributed by atoms with Gasteiger partial charge in [0.15, 0.2) is 5.82 Å². The van der Waals surface area contributed by atoms with Crippen molar-refractivity contribution < 1.29 is 9.13 Å². The molecule has 2 N–H and O–H groups in total. The second-order valence-electron chi connectivity index (χ2n) is 5.15. The smallest absolute Gasteiger partial charge is 0.210 e. The van der Waals surface area contributed by atoms with Gasteiger partial charge in [-0.15, -0.1) is 10.2 Å². The van der Waals surface area contributed by atoms with E-state index in [4.69, 9.17) is 10.6 Å². The molecule has 1 heterocycles. The summed E-state index contributed by atoms with van der Waals surface area (Å²) in [5.74, 6) is 7.64. The minimum absolute atomic E-state index is 0.337. The number of ether oxygens (including phenoxy) is 1. The van der Waals surface area contributed by atoms with Crippen molar-refractivity contribution >= 4 is 11.8 Å². The summed E-state index contributed by atoms with van der Waals surface area (Å²) in [7, 11) is 0. The van der Waals surface area contributed by atoms with E-state index in [-0.39, 0.29) is 5.82 Å². The van der Waals surface area contributed by atoms with Gasteiger partial charge in [-0.2, -0.15) is 0 Å². The van der Waals surface area contributed by atoms with Crippen LogP contribution in [0.15, 0.2) is 53.7 Å². The molecule has 0 atom stereocenters. The first-order valence-corrected chi connectivity index (χ1v) is 8.41. The van der Waals surface area contributed by atoms with Crippen LogP contribution in [0.1, 0.15) is 5.56 Å². The molecule has 0 spiro atoms. The SMILES string of the molecule is Cc1ccccc1OCCSc1nnc(-c2cccc(F)c2)n1N. The van der Waals surface area contributed by atoms with Crippen molar-refractivity contribution in [2.24, 2.45) is 0 Å². The van der Waals surface area contributed by atoms with Crippen molar-refractivity contribution in [2.45, 2.75) is 12.1 Å². The molecule has 124 valence electrons. The minimum atomic E-state index is -0.337. The van der Waals surface area contributed by atoms with Crippen LogP contribution in [0.5, 0.6) is 5.75 Å². The van der Waals surface area contributed by atoms with E-state index in [1.807, 2.05) is 31.2 Å². The van der Waals surface area contributed by atoms with Crippen molar-refractivity contribution in [1.82, 2.24) is 14.9 Å². The van der Waals surface area contributed by atoms with Crippen LogP contribution in [0.3, 0.4) is 0 Å². The molecular weight excluding hydrogens is 327 g/mol. The molecule has 0 fully saturated rings. The number of hydrogen-bond donors (Lipinski definition) is 1. The van der Waals surface area contributed by atoms with Crippen molar-refractivity contribution in [3.05, 3.63) is 59.9 Å². The molecule has 0 bridgehead atoms. The van der Waals surface area contributed by atoms with Gasteiger partial charge in [-0.25, -0.2) is 9.07 Å². The number of thioether (sulfide) groups is 1. The Balaban J connectivity index is 1.60. The Bertz CT molecular complexity index is 837. The van der Waals surface area contributed by atoms with E-state index in [9.17, 15) is 4.39 Å². The lowest BCUT2D eigenvalue weighted by Gasteiger charge is -2.08. The fourth-order valence-corrected chi connectivity index (χ4v) is 2.88. The van der Waals surface area contributed by atoms with Gasteiger partial charge < -0.3 is 10.6 Å². The number of rotatable bonds is 6. The normalized spacial score (nSPS) is 10.8. The number of nitrogens with zero attached hydrogens (tertiary/aromatic N) is 3. The molecule has 5 nitrogen and oxygen atoms in total. The second kappa shape index (κ2) is 7.35. The summed E-state index contributed by atoms with van der Waals surface area (Å²) in [6.07, 6.45) is 0. The van der Waals surface area contributed by atoms with E-state index < -0.39 is 0 Å². The average molecular weight is 344 g/mol. The zero-order valence-electron chi connectivity index (χ0n) is 13.1. The van der Waals surface area contributed by atoms with Crippen LogP contribution in [-0.2, 0) is 0 Å². The van der Waals surface area contributed by atoms with Gasteiger partial charge in [0.1, 0.15) is 11.6 Å². The van der Waals surface area contributed by atoms with Crippen LogP contribution in [0.4, 0.5) is 4.39 Å². The standard InChI is InChI=1S/C17H17FN4OS/c1-12-5-2-3-8-15(12)23-9-10-24-17-21-20-16(22(17)19)13-6-4-7-14(18)11-13/h2-8,11H,9-10,19H2,1H3. The Morgan fingerprint density at radius 2 is 2.00 bits per heavy atom. The number of benzene rings is 2. The number of halogens is 1. The molecule has 2 aromatic carbocycles. The maximum atomic E-state index is 13.3. The molecule has 0 aliphatic rings. The highest BCUT2D eigenvalue weighted by Crippen LogP contribution is 2.22. The van der Waals surface area contributed by atoms with E-state index in [1.54, 1.807) is 12.1 Å². The number of nitrogen functional groups attached to an aromatic ring is 1. The number of aromatic nitrogens is 3. The lowest BCUT2D eigenvalue weighted by atomic mass is 10.2. The second-order valence-corrected chi connectivity index (χ2v) is 6.21. The van der Waals surface area contributed by atoms with Crippen LogP contribution >= 0.6 is 11.8 Å². The molecule has 0 radical (unpaired) electrons. The Labute approximate surface area is 143 Å². The Kier molecular flexibility index (Phi) is 5.00. The third kappa shape index (κ3) is 3.68. The van der Waals surface area contributed by atoms with Crippen molar-refractivity contribution in [3.8, 4) is 17.1 Å². The summed E-state index contributed by atoms with van der Waals surface area (Å²) >= 11 is 1.44. The topological polar surface area (TPSA) is 66.0 Å². The van der Waals surface area contributed by atoms with Crippen LogP contribution in [0.25, 0.3) is 11.4 Å². The molecule has 0 saturated carbocycles. The summed E-state index contributed by atoms with van der Waals surface area (Å²) in [5.41, 5.74) is 1.69. The van der Waals surface area contributed by atoms with E-state index in [2.05, 4.69) is 10.2 Å². The van der Waals surface area contributed by atoms with Crippen molar-refractivity contribution in [3.63, 3.8) is 0 Å². The Hall–Kier alpha value is -2.54. The number of nitrogens with two attached hydrogens (primary N) is 1. The first kappa shape index (κ1) is 16.3. The Morgan fingerprint density at radius 3 is 2.79 bits per heavy atom. The molecule has 0 amide bonds. The highest BCUT2D eigenvalue weighted by molar-refractivity contribution is 7.99. The van der Waals surface area contributed by atoms with Crippen LogP contribution in [-0.4, -0.2) is 27.2 Å². The quantitative estimate of drug-likeness (QED) is 0.422. The van der Waals surface area contributed by atoms with Crippen molar-refractivity contribution in [1.29, 1.82) is 0 Å². The minimum Gasteiger partial charge on any atom is -0.492 e. The first-order valence-electron chi connectivity index (χ1n) is 7.43. The summed E-state index contributed by atoms with van der Waals surface area (Å²) in [5, 5.41) is 8.65. The largest absolute Gasteiger partial charge is 0.492 e. The van der Waals surface area contributed by atoms with E-state index in [0.717, 1.165) is 11.3 Å². The molecule has 1 aromatic heterocycles. The summed E-state index contributed by atoms with van der Waals surface area (Å²) in [4.78, 5) is 0. The van der Waals surface area contributed by atoms with Crippen LogP contribution in [0, 0.1) is 12.7 Å². The molecular formula is C17H17FN4OS. The van der Waals surface area contributed by atoms with Gasteiger partial charge in [-0.1, -0.05) is 42.1 Å². The molecule has 7 heteroatoms. The number of hydrogen-bond acceptors (Lipinski definition) is 5. The van der Waals surface area contributed by atoms with Gasteiger partial charge in [0.05, 0.1) is 6.61 Å². The van der Waals surface area contributed by atoms with Gasteiger partial charge in [0.2, 0.25) is 5.16 Å². The van der Waals surface area contributed by atoms with Gasteiger partial charge in [0.25, 0.3) is 0 Å². The summed E-state index contributed by atoms with van der Waals surface area (Å²) in [6.45, 7) is 2.53. The van der Waals surface area contributed by atoms with E-state index >= 15 is 0 Å². The monoisotopic (exact) mass is 344 g/mol. The summed E-state index contributed by atoms with van der Waals surface area (Å²) in [6, 6.07) is 14.0. The molecule has 3 aromatic rings. The molecule has 0 aliphatic heterocycles. The Morgan fingerprint density at radius 1 is 1.17 bits per heavy atom. The van der Waals surface area contributed by atoms with Crippen LogP contribution < -0.4 is 10.6 Å². The highest BCUT2D eigenvalue weighted by atomic mass is 32.2. The van der Waals surface area contributed by atoms with Gasteiger partial charge in [-0.3, -0.25) is 0 Å². The van der Waals surface area contributed by atoms with Crippen molar-refractivity contribution in [2.75, 3.05) is 18.2 Å². The fourth-order valence-electron chi connectivity index (χ4n) is 2.20. The lowest BCUT2D eigenvalue weighted by Crippen LogP contribution is -2.12. The predicted octanol–water partition coefficient (Wildman–Crippen LogP) is 3.28. The van der Waals surface area contributed by atoms with E-state index in [1.165, 1.54) is 28.6 Å². The third-order valence-corrected chi connectivity index (χ3v) is 4.32. The van der Waals surface area contributed by atoms with Gasteiger partial charge in [0, 0.05) is 11.3 Å². The van der Waals surface area contributed by atoms with Crippen LogP contribution in [0.2, 0.25) is 0 Å². The van der Waals surface area contributed by atoms with Gasteiger partial charge >= 0.3 is 0 Å². The maximum absolute atomic E-state index is 13.3. The zero-order chi connectivity index (χ0) is 16.9. The molecule has 0 saturated heterocycles. The molecule has 3 rings (SSSR count). The fraction of sp³-hybridized carbons (Fsp3) is 0.176.